The van der Waals surface area contributed by atoms with Gasteiger partial charge in [-0.3, -0.25) is 4.84 Å². The molecule has 0 amide bonds. The molecule has 3 heteroatoms. The third-order valence-corrected chi connectivity index (χ3v) is 3.87. The Kier molecular flexibility index (Phi) is 4.20. The minimum Gasteiger partial charge on any atom is -0.372 e. The number of aromatic nitrogens is 1. The zero-order valence-corrected chi connectivity index (χ0v) is 12.4. The molecule has 0 aliphatic carbocycles. The lowest BCUT2D eigenvalue weighted by Gasteiger charge is -2.17. The predicted octanol–water partition coefficient (Wildman–Crippen LogP) is 2.80. The van der Waals surface area contributed by atoms with Crippen molar-refractivity contribution in [2.75, 3.05) is 25.1 Å². The lowest BCUT2D eigenvalue weighted by Crippen LogP contribution is -2.39. The highest BCUT2D eigenvalue weighted by Crippen LogP contribution is 2.21. The van der Waals surface area contributed by atoms with Crippen molar-refractivity contribution >= 4 is 17.8 Å². The highest BCUT2D eigenvalue weighted by molar-refractivity contribution is 5.70. The summed E-state index contributed by atoms with van der Waals surface area (Å²) in [6.45, 7) is 2.39. The normalized spacial score (nSPS) is 14.8. The van der Waals surface area contributed by atoms with Crippen molar-refractivity contribution in [1.82, 2.24) is 0 Å². The van der Waals surface area contributed by atoms with Gasteiger partial charge in [0.15, 0.2) is 0 Å². The first-order valence-corrected chi connectivity index (χ1v) is 7.44. The first kappa shape index (κ1) is 13.7. The van der Waals surface area contributed by atoms with Crippen molar-refractivity contribution < 1.29 is 9.57 Å². The van der Waals surface area contributed by atoms with E-state index in [-0.39, 0.29) is 0 Å². The van der Waals surface area contributed by atoms with Gasteiger partial charge < -0.3 is 4.90 Å². The van der Waals surface area contributed by atoms with Crippen LogP contribution in [-0.4, -0.2) is 20.2 Å². The summed E-state index contributed by atoms with van der Waals surface area (Å²) in [5.74, 6) is 0. The van der Waals surface area contributed by atoms with Crippen LogP contribution in [0.15, 0.2) is 48.8 Å². The monoisotopic (exact) mass is 281 g/mol. The molecule has 1 fully saturated rings. The highest BCUT2D eigenvalue weighted by Gasteiger charge is 2.11. The highest BCUT2D eigenvalue weighted by atomic mass is 16.6. The third-order valence-electron chi connectivity index (χ3n) is 3.87. The summed E-state index contributed by atoms with van der Waals surface area (Å²) in [6, 6.07) is 12.9. The van der Waals surface area contributed by atoms with Gasteiger partial charge in [0.1, 0.15) is 7.11 Å². The van der Waals surface area contributed by atoms with Gasteiger partial charge in [-0.15, -0.1) is 0 Å². The van der Waals surface area contributed by atoms with E-state index in [0.29, 0.717) is 0 Å². The number of pyridine rings is 1. The zero-order chi connectivity index (χ0) is 14.5. The fraction of sp³-hybridized carbons (Fsp3) is 0.278. The van der Waals surface area contributed by atoms with Gasteiger partial charge in [-0.25, -0.2) is 0 Å². The van der Waals surface area contributed by atoms with Crippen LogP contribution in [0.1, 0.15) is 24.0 Å². The first-order chi connectivity index (χ1) is 10.3. The summed E-state index contributed by atoms with van der Waals surface area (Å²) < 4.78 is 1.67. The molecular weight excluding hydrogens is 260 g/mol. The zero-order valence-electron chi connectivity index (χ0n) is 12.4. The number of hydrogen-bond acceptors (Lipinski definition) is 2. The maximum atomic E-state index is 5.08. The molecule has 0 bridgehead atoms. The average Bonchev–Trinajstić information content (AvgIpc) is 3.08. The van der Waals surface area contributed by atoms with E-state index >= 15 is 0 Å². The quantitative estimate of drug-likeness (QED) is 0.801. The van der Waals surface area contributed by atoms with Gasteiger partial charge in [0.2, 0.25) is 12.4 Å². The Morgan fingerprint density at radius 3 is 2.05 bits per heavy atom. The van der Waals surface area contributed by atoms with Crippen LogP contribution in [0.2, 0.25) is 0 Å². The first-order valence-electron chi connectivity index (χ1n) is 7.44. The summed E-state index contributed by atoms with van der Waals surface area (Å²) in [4.78, 5) is 7.53. The summed E-state index contributed by atoms with van der Waals surface area (Å²) in [7, 11) is 1.65. The molecule has 1 saturated heterocycles. The molecule has 3 rings (SSSR count). The van der Waals surface area contributed by atoms with Gasteiger partial charge in [0.25, 0.3) is 0 Å². The summed E-state index contributed by atoms with van der Waals surface area (Å²) in [5, 5.41) is 0. The van der Waals surface area contributed by atoms with Gasteiger partial charge in [0.05, 0.1) is 0 Å². The molecule has 3 nitrogen and oxygen atoms in total. The number of rotatable bonds is 4. The SMILES string of the molecule is CO[n+]1ccc(/C=C/c2ccc(N3CCCC3)cc2)cc1. The molecule has 1 aromatic carbocycles. The second kappa shape index (κ2) is 6.44. The Bertz CT molecular complexity index is 596. The molecule has 1 aliphatic heterocycles. The Balaban J connectivity index is 1.67. The Morgan fingerprint density at radius 1 is 0.905 bits per heavy atom. The van der Waals surface area contributed by atoms with E-state index in [2.05, 4.69) is 41.3 Å². The maximum Gasteiger partial charge on any atom is 0.223 e. The van der Waals surface area contributed by atoms with Crippen LogP contribution in [-0.2, 0) is 0 Å². The molecule has 108 valence electrons. The summed E-state index contributed by atoms with van der Waals surface area (Å²) in [6.07, 6.45) is 10.7. The van der Waals surface area contributed by atoms with Gasteiger partial charge >= 0.3 is 0 Å². The van der Waals surface area contributed by atoms with E-state index < -0.39 is 0 Å². The van der Waals surface area contributed by atoms with E-state index in [1.54, 1.807) is 11.8 Å². The lowest BCUT2D eigenvalue weighted by molar-refractivity contribution is -0.885. The van der Waals surface area contributed by atoms with Gasteiger partial charge in [-0.2, -0.15) is 0 Å². The van der Waals surface area contributed by atoms with Crippen molar-refractivity contribution in [1.29, 1.82) is 0 Å². The van der Waals surface area contributed by atoms with Crippen molar-refractivity contribution in [3.63, 3.8) is 0 Å². The number of hydrogen-bond donors (Lipinski definition) is 0. The van der Waals surface area contributed by atoms with E-state index in [0.717, 1.165) is 5.56 Å². The molecule has 0 radical (unpaired) electrons. The van der Waals surface area contributed by atoms with E-state index in [9.17, 15) is 0 Å². The van der Waals surface area contributed by atoms with Crippen LogP contribution < -0.4 is 14.5 Å². The number of nitrogens with zero attached hydrogens (tertiary/aromatic N) is 2. The second-order valence-electron chi connectivity index (χ2n) is 5.29. The van der Waals surface area contributed by atoms with Crippen LogP contribution >= 0.6 is 0 Å². The minimum atomic E-state index is 1.16. The molecule has 0 saturated carbocycles. The largest absolute Gasteiger partial charge is 0.372 e. The fourth-order valence-electron chi connectivity index (χ4n) is 2.62. The molecule has 2 heterocycles. The van der Waals surface area contributed by atoms with E-state index in [4.69, 9.17) is 4.84 Å². The van der Waals surface area contributed by atoms with Crippen molar-refractivity contribution in [2.24, 2.45) is 0 Å². The van der Waals surface area contributed by atoms with Gasteiger partial charge in [0, 0.05) is 35.6 Å². The molecule has 2 aromatic rings. The molecule has 21 heavy (non-hydrogen) atoms. The fourth-order valence-corrected chi connectivity index (χ4v) is 2.62. The molecule has 0 spiro atoms. The third kappa shape index (κ3) is 3.43. The van der Waals surface area contributed by atoms with Crippen LogP contribution in [0.5, 0.6) is 0 Å². The van der Waals surface area contributed by atoms with E-state index in [1.807, 2.05) is 24.5 Å². The smallest absolute Gasteiger partial charge is 0.223 e. The van der Waals surface area contributed by atoms with Crippen LogP contribution in [0.3, 0.4) is 0 Å². The summed E-state index contributed by atoms with van der Waals surface area (Å²) in [5.41, 5.74) is 3.72. The molecular formula is C18H21N2O+. The average molecular weight is 281 g/mol. The van der Waals surface area contributed by atoms with Crippen LogP contribution in [0.4, 0.5) is 5.69 Å². The van der Waals surface area contributed by atoms with Crippen LogP contribution in [0, 0.1) is 0 Å². The second-order valence-corrected chi connectivity index (χ2v) is 5.29. The Morgan fingerprint density at radius 2 is 1.48 bits per heavy atom. The Labute approximate surface area is 126 Å². The standard InChI is InChI=1S/C18H21N2O/c1-21-20-14-10-17(11-15-20)5-4-16-6-8-18(9-7-16)19-12-2-3-13-19/h4-11,14-15H,2-3,12-13H2,1H3/q+1. The van der Waals surface area contributed by atoms with Crippen molar-refractivity contribution in [3.8, 4) is 0 Å². The van der Waals surface area contributed by atoms with Crippen LogP contribution in [0.25, 0.3) is 12.2 Å². The molecule has 0 N–H and O–H groups in total. The number of benzene rings is 1. The number of anilines is 1. The predicted molar refractivity (Wildman–Crippen MR) is 86.0 cm³/mol. The minimum absolute atomic E-state index is 1.16. The molecule has 0 unspecified atom stereocenters. The van der Waals surface area contributed by atoms with Crippen molar-refractivity contribution in [2.45, 2.75) is 12.8 Å². The van der Waals surface area contributed by atoms with Gasteiger partial charge in [-0.1, -0.05) is 24.3 Å². The molecule has 1 aliphatic rings. The summed E-state index contributed by atoms with van der Waals surface area (Å²) >= 11 is 0. The lowest BCUT2D eigenvalue weighted by atomic mass is 10.1. The molecule has 0 atom stereocenters. The van der Waals surface area contributed by atoms with Crippen molar-refractivity contribution in [3.05, 3.63) is 59.9 Å². The topological polar surface area (TPSA) is 16.4 Å². The van der Waals surface area contributed by atoms with Gasteiger partial charge in [-0.05, 0) is 36.1 Å². The van der Waals surface area contributed by atoms with E-state index in [1.165, 1.54) is 37.2 Å². The Hall–Kier alpha value is -2.29. The molecule has 1 aromatic heterocycles. The maximum absolute atomic E-state index is 5.08.